The molecular weight excluding hydrogens is 224 g/mol. The lowest BCUT2D eigenvalue weighted by Crippen LogP contribution is -1.99. The minimum Gasteiger partial charge on any atom is -0.298 e. The highest BCUT2D eigenvalue weighted by Gasteiger charge is 2.12. The number of nitrogens with one attached hydrogen (secondary N) is 1. The lowest BCUT2D eigenvalue weighted by Gasteiger charge is -2.10. The average Bonchev–Trinajstić information content (AvgIpc) is 2.64. The number of aromatic nitrogens is 2. The molecule has 0 fully saturated rings. The number of aldehydes is 1. The van der Waals surface area contributed by atoms with Crippen LogP contribution in [0.5, 0.6) is 0 Å². The Morgan fingerprint density at radius 2 is 1.78 bits per heavy atom. The molecule has 0 aliphatic rings. The number of carbonyl (C=O) groups excluding carboxylic acids is 1. The van der Waals surface area contributed by atoms with Gasteiger partial charge in [0, 0.05) is 12.1 Å². The average molecular weight is 242 g/mol. The van der Waals surface area contributed by atoms with Gasteiger partial charge in [-0.25, -0.2) is 0 Å². The van der Waals surface area contributed by atoms with Crippen LogP contribution in [0.4, 0.5) is 0 Å². The van der Waals surface area contributed by atoms with Gasteiger partial charge in [-0.15, -0.1) is 0 Å². The maximum atomic E-state index is 11.1. The van der Waals surface area contributed by atoms with E-state index < -0.39 is 0 Å². The smallest absolute Gasteiger partial charge is 0.153 e. The molecular formula is C15H18N2O. The molecule has 3 heteroatoms. The minimum atomic E-state index is 0.689. The van der Waals surface area contributed by atoms with Gasteiger partial charge in [0.2, 0.25) is 0 Å². The van der Waals surface area contributed by atoms with Crippen molar-refractivity contribution in [1.29, 1.82) is 0 Å². The number of aromatic amines is 1. The van der Waals surface area contributed by atoms with Gasteiger partial charge in [0.1, 0.15) is 0 Å². The zero-order chi connectivity index (χ0) is 13.3. The summed E-state index contributed by atoms with van der Waals surface area (Å²) in [5.74, 6) is 0. The number of hydrogen-bond acceptors (Lipinski definition) is 2. The maximum Gasteiger partial charge on any atom is 0.153 e. The predicted molar refractivity (Wildman–Crippen MR) is 72.2 cm³/mol. The van der Waals surface area contributed by atoms with Gasteiger partial charge < -0.3 is 0 Å². The largest absolute Gasteiger partial charge is 0.298 e. The van der Waals surface area contributed by atoms with E-state index in [-0.39, 0.29) is 0 Å². The molecule has 2 rings (SSSR count). The zero-order valence-corrected chi connectivity index (χ0v) is 11.3. The number of rotatable bonds is 3. The van der Waals surface area contributed by atoms with Crippen molar-refractivity contribution in [3.8, 4) is 0 Å². The Balaban J connectivity index is 2.43. The molecule has 0 unspecified atom stereocenters. The highest BCUT2D eigenvalue weighted by molar-refractivity contribution is 5.78. The van der Waals surface area contributed by atoms with E-state index in [1.165, 1.54) is 22.3 Å². The van der Waals surface area contributed by atoms with Crippen molar-refractivity contribution < 1.29 is 4.79 Å². The SMILES string of the molecule is Cc1cc(C)c(Cc2n[nH]c(C)c2C=O)c(C)c1. The Hall–Kier alpha value is -1.90. The van der Waals surface area contributed by atoms with E-state index in [0.29, 0.717) is 12.0 Å². The van der Waals surface area contributed by atoms with E-state index >= 15 is 0 Å². The van der Waals surface area contributed by atoms with Crippen molar-refractivity contribution in [2.24, 2.45) is 0 Å². The summed E-state index contributed by atoms with van der Waals surface area (Å²) in [7, 11) is 0. The fraction of sp³-hybridized carbons (Fsp3) is 0.333. The van der Waals surface area contributed by atoms with Crippen molar-refractivity contribution >= 4 is 6.29 Å². The molecule has 0 saturated heterocycles. The molecule has 0 aliphatic carbocycles. The van der Waals surface area contributed by atoms with E-state index in [9.17, 15) is 4.79 Å². The minimum absolute atomic E-state index is 0.689. The number of aryl methyl sites for hydroxylation is 4. The van der Waals surface area contributed by atoms with Gasteiger partial charge in [0.15, 0.2) is 6.29 Å². The number of hydrogen-bond donors (Lipinski definition) is 1. The molecule has 1 aromatic heterocycles. The Bertz CT molecular complexity index is 574. The van der Waals surface area contributed by atoms with Crippen LogP contribution in [-0.2, 0) is 6.42 Å². The van der Waals surface area contributed by atoms with Crippen LogP contribution in [0.1, 0.15) is 44.0 Å². The zero-order valence-electron chi connectivity index (χ0n) is 11.3. The third-order valence-corrected chi connectivity index (χ3v) is 3.38. The molecule has 18 heavy (non-hydrogen) atoms. The first-order chi connectivity index (χ1) is 8.52. The van der Waals surface area contributed by atoms with Gasteiger partial charge in [0.05, 0.1) is 11.3 Å². The summed E-state index contributed by atoms with van der Waals surface area (Å²) in [5.41, 5.74) is 7.39. The van der Waals surface area contributed by atoms with Crippen LogP contribution in [0.15, 0.2) is 12.1 Å². The van der Waals surface area contributed by atoms with Crippen LogP contribution >= 0.6 is 0 Å². The third kappa shape index (κ3) is 2.21. The number of H-pyrrole nitrogens is 1. The molecule has 1 aromatic carbocycles. The van der Waals surface area contributed by atoms with Crippen LogP contribution in [-0.4, -0.2) is 16.5 Å². The molecule has 0 spiro atoms. The molecule has 0 saturated carbocycles. The first kappa shape index (κ1) is 12.6. The molecule has 0 atom stereocenters. The van der Waals surface area contributed by atoms with E-state index in [0.717, 1.165) is 17.7 Å². The van der Waals surface area contributed by atoms with Gasteiger partial charge in [-0.1, -0.05) is 17.7 Å². The summed E-state index contributed by atoms with van der Waals surface area (Å²) in [5, 5.41) is 7.11. The Kier molecular flexibility index (Phi) is 3.32. The van der Waals surface area contributed by atoms with Crippen LogP contribution in [0.2, 0.25) is 0 Å². The lowest BCUT2D eigenvalue weighted by molar-refractivity contribution is 0.112. The number of benzene rings is 1. The molecule has 1 N–H and O–H groups in total. The highest BCUT2D eigenvalue weighted by atomic mass is 16.1. The summed E-state index contributed by atoms with van der Waals surface area (Å²) in [6, 6.07) is 4.34. The Labute approximate surface area is 107 Å². The molecule has 0 aliphatic heterocycles. The first-order valence-corrected chi connectivity index (χ1v) is 6.08. The van der Waals surface area contributed by atoms with Gasteiger partial charge in [0.25, 0.3) is 0 Å². The number of nitrogens with zero attached hydrogens (tertiary/aromatic N) is 1. The monoisotopic (exact) mass is 242 g/mol. The van der Waals surface area contributed by atoms with E-state index in [4.69, 9.17) is 0 Å². The molecule has 1 heterocycles. The van der Waals surface area contributed by atoms with E-state index in [1.54, 1.807) is 0 Å². The Morgan fingerprint density at radius 3 is 2.33 bits per heavy atom. The second-order valence-electron chi connectivity index (χ2n) is 4.88. The standard InChI is InChI=1S/C15H18N2O/c1-9-5-10(2)13(11(3)6-9)7-15-14(8-18)12(4)16-17-15/h5-6,8H,7H2,1-4H3,(H,16,17). The van der Waals surface area contributed by atoms with E-state index in [1.807, 2.05) is 6.92 Å². The quantitative estimate of drug-likeness (QED) is 0.841. The van der Waals surface area contributed by atoms with Crippen LogP contribution < -0.4 is 0 Å². The molecule has 3 nitrogen and oxygen atoms in total. The fourth-order valence-electron chi connectivity index (χ4n) is 2.44. The van der Waals surface area contributed by atoms with Crippen molar-refractivity contribution in [3.05, 3.63) is 51.3 Å². The normalized spacial score (nSPS) is 10.7. The topological polar surface area (TPSA) is 45.8 Å². The summed E-state index contributed by atoms with van der Waals surface area (Å²) < 4.78 is 0. The first-order valence-electron chi connectivity index (χ1n) is 6.08. The predicted octanol–water partition coefficient (Wildman–Crippen LogP) is 3.05. The fourth-order valence-corrected chi connectivity index (χ4v) is 2.44. The second kappa shape index (κ2) is 4.77. The van der Waals surface area contributed by atoms with Crippen molar-refractivity contribution in [2.45, 2.75) is 34.1 Å². The summed E-state index contributed by atoms with van der Waals surface area (Å²) in [6.45, 7) is 8.18. The lowest BCUT2D eigenvalue weighted by atomic mass is 9.95. The van der Waals surface area contributed by atoms with Gasteiger partial charge in [-0.3, -0.25) is 9.89 Å². The van der Waals surface area contributed by atoms with Gasteiger partial charge in [-0.05, 0) is 44.4 Å². The van der Waals surface area contributed by atoms with Crippen LogP contribution in [0, 0.1) is 27.7 Å². The highest BCUT2D eigenvalue weighted by Crippen LogP contribution is 2.21. The molecule has 94 valence electrons. The molecule has 0 amide bonds. The van der Waals surface area contributed by atoms with Crippen LogP contribution in [0.3, 0.4) is 0 Å². The molecule has 0 radical (unpaired) electrons. The Morgan fingerprint density at radius 1 is 1.17 bits per heavy atom. The van der Waals surface area contributed by atoms with Gasteiger partial charge >= 0.3 is 0 Å². The number of carbonyl (C=O) groups is 1. The van der Waals surface area contributed by atoms with Crippen molar-refractivity contribution in [2.75, 3.05) is 0 Å². The summed E-state index contributed by atoms with van der Waals surface area (Å²) in [6.07, 6.45) is 1.59. The summed E-state index contributed by atoms with van der Waals surface area (Å²) >= 11 is 0. The van der Waals surface area contributed by atoms with Gasteiger partial charge in [-0.2, -0.15) is 5.10 Å². The van der Waals surface area contributed by atoms with Crippen molar-refractivity contribution in [1.82, 2.24) is 10.2 Å². The maximum absolute atomic E-state index is 11.1. The molecule has 2 aromatic rings. The van der Waals surface area contributed by atoms with Crippen molar-refractivity contribution in [3.63, 3.8) is 0 Å². The van der Waals surface area contributed by atoms with Crippen LogP contribution in [0.25, 0.3) is 0 Å². The summed E-state index contributed by atoms with van der Waals surface area (Å²) in [4.78, 5) is 11.1. The second-order valence-corrected chi connectivity index (χ2v) is 4.88. The third-order valence-electron chi connectivity index (χ3n) is 3.38. The van der Waals surface area contributed by atoms with E-state index in [2.05, 4.69) is 43.1 Å². The molecule has 0 bridgehead atoms.